The van der Waals surface area contributed by atoms with Crippen molar-refractivity contribution in [2.45, 2.75) is 71.0 Å². The van der Waals surface area contributed by atoms with Crippen LogP contribution in [0, 0.1) is 13.8 Å². The van der Waals surface area contributed by atoms with Crippen LogP contribution in [0.5, 0.6) is 0 Å². The molecule has 0 radical (unpaired) electrons. The van der Waals surface area contributed by atoms with Gasteiger partial charge in [0.1, 0.15) is 12.6 Å². The molecule has 3 aromatic carbocycles. The van der Waals surface area contributed by atoms with E-state index in [1.54, 1.807) is 23.1 Å². The van der Waals surface area contributed by atoms with E-state index in [0.717, 1.165) is 69.4 Å². The number of nitrogens with one attached hydrogen (secondary N) is 1. The molecule has 3 aromatic rings. The zero-order valence-corrected chi connectivity index (χ0v) is 27.0. The Hall–Kier alpha value is -3.17. The lowest BCUT2D eigenvalue weighted by atomic mass is 9.94. The summed E-state index contributed by atoms with van der Waals surface area (Å²) in [5.74, 6) is -0.655. The number of carbonyl (C=O) groups excluding carboxylic acids is 2. The van der Waals surface area contributed by atoms with Crippen LogP contribution in [0.4, 0.5) is 5.69 Å². The minimum Gasteiger partial charge on any atom is -0.352 e. The smallest absolute Gasteiger partial charge is 0.244 e. The number of benzene rings is 3. The Morgan fingerprint density at radius 2 is 1.60 bits per heavy atom. The molecule has 1 aliphatic carbocycles. The summed E-state index contributed by atoms with van der Waals surface area (Å²) in [6, 6.07) is 21.9. The van der Waals surface area contributed by atoms with Gasteiger partial charge in [0.2, 0.25) is 21.8 Å². The van der Waals surface area contributed by atoms with E-state index in [1.807, 2.05) is 68.4 Å². The van der Waals surface area contributed by atoms with E-state index in [4.69, 9.17) is 0 Å². The van der Waals surface area contributed by atoms with Crippen molar-refractivity contribution in [2.75, 3.05) is 17.1 Å². The van der Waals surface area contributed by atoms with Crippen molar-refractivity contribution in [3.05, 3.63) is 99.5 Å². The molecule has 1 aliphatic rings. The van der Waals surface area contributed by atoms with Crippen LogP contribution in [0.1, 0.15) is 54.4 Å². The Kier molecular flexibility index (Phi) is 10.8. The standard InChI is InChI=1S/C33H40BrN3O4S/c1-24-14-16-27(17-15-24)22-36(32(38)23-37(42(3,40)41)29-18-19-30(34)25(2)20-29)31(21-26-10-6-4-7-11-26)33(39)35-28-12-8-5-9-13-28/h4,6-7,10-11,14-20,28,31H,5,8-9,12-13,21-23H2,1-3H3,(H,35,39)/t31-/m1/s1. The second kappa shape index (κ2) is 14.3. The lowest BCUT2D eigenvalue weighted by Gasteiger charge is -2.35. The zero-order valence-electron chi connectivity index (χ0n) is 24.6. The fourth-order valence-corrected chi connectivity index (χ4v) is 6.47. The maximum atomic E-state index is 14.3. The fourth-order valence-electron chi connectivity index (χ4n) is 5.39. The first-order valence-electron chi connectivity index (χ1n) is 14.4. The van der Waals surface area contributed by atoms with Crippen molar-refractivity contribution in [1.29, 1.82) is 0 Å². The number of rotatable bonds is 11. The monoisotopic (exact) mass is 653 g/mol. The lowest BCUT2D eigenvalue weighted by Crippen LogP contribution is -2.55. The van der Waals surface area contributed by atoms with Crippen LogP contribution in [0.25, 0.3) is 0 Å². The number of nitrogens with zero attached hydrogens (tertiary/aromatic N) is 2. The Morgan fingerprint density at radius 1 is 0.929 bits per heavy atom. The van der Waals surface area contributed by atoms with E-state index >= 15 is 0 Å². The summed E-state index contributed by atoms with van der Waals surface area (Å²) >= 11 is 3.46. The summed E-state index contributed by atoms with van der Waals surface area (Å²) in [7, 11) is -3.81. The highest BCUT2D eigenvalue weighted by Crippen LogP contribution is 2.26. The molecule has 9 heteroatoms. The van der Waals surface area contributed by atoms with Gasteiger partial charge in [0.15, 0.2) is 0 Å². The van der Waals surface area contributed by atoms with E-state index in [0.29, 0.717) is 12.1 Å². The van der Waals surface area contributed by atoms with Crippen molar-refractivity contribution in [3.8, 4) is 0 Å². The molecule has 4 rings (SSSR count). The van der Waals surface area contributed by atoms with Gasteiger partial charge in [0, 0.05) is 23.5 Å². The molecule has 42 heavy (non-hydrogen) atoms. The van der Waals surface area contributed by atoms with Gasteiger partial charge < -0.3 is 10.2 Å². The Bertz CT molecular complexity index is 1470. The van der Waals surface area contributed by atoms with Crippen molar-refractivity contribution >= 4 is 43.5 Å². The van der Waals surface area contributed by atoms with E-state index in [1.165, 1.54) is 0 Å². The molecule has 1 atom stereocenters. The number of aryl methyl sites for hydroxylation is 2. The van der Waals surface area contributed by atoms with Crippen LogP contribution in [-0.2, 0) is 32.6 Å². The number of hydrogen-bond donors (Lipinski definition) is 1. The highest BCUT2D eigenvalue weighted by atomic mass is 79.9. The molecular formula is C33H40BrN3O4S. The van der Waals surface area contributed by atoms with Crippen molar-refractivity contribution in [2.24, 2.45) is 0 Å². The van der Waals surface area contributed by atoms with Crippen molar-refractivity contribution in [3.63, 3.8) is 0 Å². The first kappa shape index (κ1) is 31.8. The van der Waals surface area contributed by atoms with Crippen LogP contribution in [-0.4, -0.2) is 50.0 Å². The van der Waals surface area contributed by atoms with Gasteiger partial charge in [-0.2, -0.15) is 0 Å². The van der Waals surface area contributed by atoms with Gasteiger partial charge >= 0.3 is 0 Å². The molecule has 0 saturated heterocycles. The maximum absolute atomic E-state index is 14.3. The van der Waals surface area contributed by atoms with Crippen LogP contribution >= 0.6 is 15.9 Å². The average Bonchev–Trinajstić information content (AvgIpc) is 2.96. The summed E-state index contributed by atoms with van der Waals surface area (Å²) in [4.78, 5) is 29.8. The van der Waals surface area contributed by atoms with Gasteiger partial charge in [0.25, 0.3) is 0 Å². The number of anilines is 1. The fraction of sp³-hybridized carbons (Fsp3) is 0.394. The third-order valence-corrected chi connectivity index (χ3v) is 9.84. The summed E-state index contributed by atoms with van der Waals surface area (Å²) in [5, 5.41) is 3.23. The molecule has 0 aliphatic heterocycles. The Labute approximate surface area is 258 Å². The largest absolute Gasteiger partial charge is 0.352 e. The minimum atomic E-state index is -3.81. The SMILES string of the molecule is Cc1ccc(CN(C(=O)CN(c2ccc(Br)c(C)c2)S(C)(=O)=O)[C@H](Cc2ccccc2)C(=O)NC2CCCCC2)cc1. The molecule has 2 amide bonds. The van der Waals surface area contributed by atoms with Crippen molar-refractivity contribution < 1.29 is 18.0 Å². The molecule has 7 nitrogen and oxygen atoms in total. The molecule has 0 bridgehead atoms. The molecule has 224 valence electrons. The van der Waals surface area contributed by atoms with Gasteiger partial charge in [-0.25, -0.2) is 8.42 Å². The number of halogens is 1. The van der Waals surface area contributed by atoms with Crippen LogP contribution < -0.4 is 9.62 Å². The number of sulfonamides is 1. The number of carbonyl (C=O) groups is 2. The van der Waals surface area contributed by atoms with Gasteiger partial charge in [-0.1, -0.05) is 95.4 Å². The molecule has 0 aromatic heterocycles. The van der Waals surface area contributed by atoms with E-state index in [-0.39, 0.29) is 18.5 Å². The normalized spacial score (nSPS) is 14.7. The lowest BCUT2D eigenvalue weighted by molar-refractivity contribution is -0.140. The van der Waals surface area contributed by atoms with Gasteiger partial charge in [0.05, 0.1) is 11.9 Å². The molecule has 0 unspecified atom stereocenters. The van der Waals surface area contributed by atoms with E-state index in [2.05, 4.69) is 21.2 Å². The summed E-state index contributed by atoms with van der Waals surface area (Å²) < 4.78 is 28.0. The predicted octanol–water partition coefficient (Wildman–Crippen LogP) is 5.92. The molecule has 0 heterocycles. The Balaban J connectivity index is 1.72. The second-order valence-corrected chi connectivity index (χ2v) is 14.0. The van der Waals surface area contributed by atoms with Crippen LogP contribution in [0.15, 0.2) is 77.3 Å². The zero-order chi connectivity index (χ0) is 30.3. The van der Waals surface area contributed by atoms with Crippen LogP contribution in [0.3, 0.4) is 0 Å². The third kappa shape index (κ3) is 8.67. The van der Waals surface area contributed by atoms with Gasteiger partial charge in [-0.15, -0.1) is 0 Å². The molecular weight excluding hydrogens is 614 g/mol. The topological polar surface area (TPSA) is 86.8 Å². The number of amides is 2. The molecule has 0 spiro atoms. The average molecular weight is 655 g/mol. The second-order valence-electron chi connectivity index (χ2n) is 11.3. The first-order valence-corrected chi connectivity index (χ1v) is 17.1. The summed E-state index contributed by atoms with van der Waals surface area (Å²) in [6.45, 7) is 3.61. The van der Waals surface area contributed by atoms with Gasteiger partial charge in [-0.05, 0) is 61.6 Å². The maximum Gasteiger partial charge on any atom is 0.244 e. The van der Waals surface area contributed by atoms with Gasteiger partial charge in [-0.3, -0.25) is 13.9 Å². The summed E-state index contributed by atoms with van der Waals surface area (Å²) in [5.41, 5.74) is 4.11. The minimum absolute atomic E-state index is 0.0686. The van der Waals surface area contributed by atoms with Crippen LogP contribution in [0.2, 0.25) is 0 Å². The predicted molar refractivity (Wildman–Crippen MR) is 172 cm³/mol. The molecule has 1 N–H and O–H groups in total. The van der Waals surface area contributed by atoms with E-state index in [9.17, 15) is 18.0 Å². The first-order chi connectivity index (χ1) is 20.0. The Morgan fingerprint density at radius 3 is 2.21 bits per heavy atom. The molecule has 1 fully saturated rings. The highest BCUT2D eigenvalue weighted by molar-refractivity contribution is 9.10. The summed E-state index contributed by atoms with van der Waals surface area (Å²) in [6.07, 6.45) is 6.54. The number of hydrogen-bond acceptors (Lipinski definition) is 4. The quantitative estimate of drug-likeness (QED) is 0.278. The molecule has 1 saturated carbocycles. The van der Waals surface area contributed by atoms with Crippen molar-refractivity contribution in [1.82, 2.24) is 10.2 Å². The highest BCUT2D eigenvalue weighted by Gasteiger charge is 2.34. The third-order valence-electron chi connectivity index (χ3n) is 7.80. The van der Waals surface area contributed by atoms with E-state index < -0.39 is 28.5 Å².